The van der Waals surface area contributed by atoms with E-state index in [1.807, 2.05) is 0 Å². The lowest BCUT2D eigenvalue weighted by atomic mass is 10.2. The van der Waals surface area contributed by atoms with Crippen molar-refractivity contribution in [3.8, 4) is 0 Å². The van der Waals surface area contributed by atoms with Crippen LogP contribution in [0.25, 0.3) is 0 Å². The largest absolute Gasteiger partial charge is 0.464 e. The molecule has 0 radical (unpaired) electrons. The lowest BCUT2D eigenvalue weighted by Crippen LogP contribution is -2.28. The van der Waals surface area contributed by atoms with Gasteiger partial charge < -0.3 is 10.1 Å². The standard InChI is InChI=1S/C11H13N3O6/c1-3-20-11(15)7(2)12-9-5-4-8(13(16)17)6-10(9)14(18)19/h4-7,12H,3H2,1-2H3. The average molecular weight is 283 g/mol. The Morgan fingerprint density at radius 2 is 2.00 bits per heavy atom. The average Bonchev–Trinajstić information content (AvgIpc) is 2.38. The number of benzene rings is 1. The molecule has 20 heavy (non-hydrogen) atoms. The van der Waals surface area contributed by atoms with E-state index in [2.05, 4.69) is 5.32 Å². The van der Waals surface area contributed by atoms with Gasteiger partial charge in [0.2, 0.25) is 0 Å². The maximum Gasteiger partial charge on any atom is 0.328 e. The summed E-state index contributed by atoms with van der Waals surface area (Å²) >= 11 is 0. The van der Waals surface area contributed by atoms with E-state index in [-0.39, 0.29) is 12.3 Å². The minimum atomic E-state index is -0.810. The van der Waals surface area contributed by atoms with Gasteiger partial charge in [-0.05, 0) is 19.9 Å². The third-order valence-corrected chi connectivity index (χ3v) is 2.40. The smallest absolute Gasteiger partial charge is 0.328 e. The summed E-state index contributed by atoms with van der Waals surface area (Å²) in [5.41, 5.74) is -0.859. The first-order chi connectivity index (χ1) is 9.36. The van der Waals surface area contributed by atoms with Crippen molar-refractivity contribution in [2.24, 2.45) is 0 Å². The van der Waals surface area contributed by atoms with Crippen LogP contribution in [-0.2, 0) is 9.53 Å². The number of esters is 1. The van der Waals surface area contributed by atoms with E-state index in [9.17, 15) is 25.0 Å². The van der Waals surface area contributed by atoms with Crippen molar-refractivity contribution in [2.75, 3.05) is 11.9 Å². The fourth-order valence-corrected chi connectivity index (χ4v) is 1.47. The van der Waals surface area contributed by atoms with Crippen molar-refractivity contribution < 1.29 is 19.4 Å². The van der Waals surface area contributed by atoms with Crippen molar-refractivity contribution in [1.29, 1.82) is 0 Å². The number of hydrogen-bond acceptors (Lipinski definition) is 7. The number of nitrogens with zero attached hydrogens (tertiary/aromatic N) is 2. The van der Waals surface area contributed by atoms with Gasteiger partial charge in [0, 0.05) is 6.07 Å². The molecule has 0 saturated heterocycles. The molecule has 9 nitrogen and oxygen atoms in total. The van der Waals surface area contributed by atoms with E-state index >= 15 is 0 Å². The Labute approximate surface area is 113 Å². The molecule has 0 bridgehead atoms. The van der Waals surface area contributed by atoms with Crippen LogP contribution in [-0.4, -0.2) is 28.5 Å². The maximum atomic E-state index is 11.4. The molecule has 9 heteroatoms. The highest BCUT2D eigenvalue weighted by molar-refractivity contribution is 5.80. The first kappa shape index (κ1) is 15.3. The van der Waals surface area contributed by atoms with Crippen LogP contribution < -0.4 is 5.32 Å². The second-order valence-electron chi connectivity index (χ2n) is 3.83. The number of carbonyl (C=O) groups is 1. The Morgan fingerprint density at radius 1 is 1.35 bits per heavy atom. The fourth-order valence-electron chi connectivity index (χ4n) is 1.47. The Bertz CT molecular complexity index is 545. The van der Waals surface area contributed by atoms with Gasteiger partial charge in [0.25, 0.3) is 11.4 Å². The molecule has 0 amide bonds. The Hall–Kier alpha value is -2.71. The SMILES string of the molecule is CCOC(=O)C(C)Nc1ccc([N+](=O)[O-])cc1[N+](=O)[O-]. The predicted molar refractivity (Wildman–Crippen MR) is 69.5 cm³/mol. The summed E-state index contributed by atoms with van der Waals surface area (Å²) in [6.07, 6.45) is 0. The predicted octanol–water partition coefficient (Wildman–Crippen LogP) is 1.87. The highest BCUT2D eigenvalue weighted by atomic mass is 16.6. The van der Waals surface area contributed by atoms with Crippen LogP contribution in [0.1, 0.15) is 13.8 Å². The van der Waals surface area contributed by atoms with Crippen LogP contribution in [0.3, 0.4) is 0 Å². The lowest BCUT2D eigenvalue weighted by molar-refractivity contribution is -0.393. The summed E-state index contributed by atoms with van der Waals surface area (Å²) in [6, 6.07) is 2.33. The van der Waals surface area contributed by atoms with Crippen LogP contribution in [0.5, 0.6) is 0 Å². The van der Waals surface area contributed by atoms with E-state index in [0.29, 0.717) is 0 Å². The van der Waals surface area contributed by atoms with E-state index in [1.165, 1.54) is 13.0 Å². The fraction of sp³-hybridized carbons (Fsp3) is 0.364. The van der Waals surface area contributed by atoms with E-state index in [1.54, 1.807) is 6.92 Å². The van der Waals surface area contributed by atoms with E-state index in [0.717, 1.165) is 12.1 Å². The highest BCUT2D eigenvalue weighted by Gasteiger charge is 2.22. The zero-order valence-electron chi connectivity index (χ0n) is 10.9. The molecule has 0 saturated carbocycles. The molecule has 1 aromatic rings. The quantitative estimate of drug-likeness (QED) is 0.479. The lowest BCUT2D eigenvalue weighted by Gasteiger charge is -2.13. The van der Waals surface area contributed by atoms with Gasteiger partial charge in [-0.3, -0.25) is 20.2 Å². The van der Waals surface area contributed by atoms with Crippen molar-refractivity contribution in [2.45, 2.75) is 19.9 Å². The van der Waals surface area contributed by atoms with Gasteiger partial charge in [-0.25, -0.2) is 4.79 Å². The zero-order chi connectivity index (χ0) is 15.3. The van der Waals surface area contributed by atoms with Crippen LogP contribution in [0.15, 0.2) is 18.2 Å². The summed E-state index contributed by atoms with van der Waals surface area (Å²) < 4.78 is 4.76. The molecule has 1 N–H and O–H groups in total. The first-order valence-electron chi connectivity index (χ1n) is 5.72. The molecule has 1 rings (SSSR count). The number of nitrogens with one attached hydrogen (secondary N) is 1. The third kappa shape index (κ3) is 3.64. The van der Waals surface area contributed by atoms with Gasteiger partial charge in [-0.15, -0.1) is 0 Å². The summed E-state index contributed by atoms with van der Waals surface area (Å²) in [4.78, 5) is 31.4. The van der Waals surface area contributed by atoms with Gasteiger partial charge in [0.15, 0.2) is 0 Å². The van der Waals surface area contributed by atoms with Gasteiger partial charge in [0.05, 0.1) is 22.5 Å². The summed E-state index contributed by atoms with van der Waals surface area (Å²) in [5.74, 6) is -0.569. The number of nitro groups is 2. The second-order valence-corrected chi connectivity index (χ2v) is 3.83. The minimum Gasteiger partial charge on any atom is -0.464 e. The maximum absolute atomic E-state index is 11.4. The first-order valence-corrected chi connectivity index (χ1v) is 5.72. The highest BCUT2D eigenvalue weighted by Crippen LogP contribution is 2.29. The normalized spacial score (nSPS) is 11.5. The van der Waals surface area contributed by atoms with Crippen molar-refractivity contribution in [1.82, 2.24) is 0 Å². The monoisotopic (exact) mass is 283 g/mol. The van der Waals surface area contributed by atoms with E-state index in [4.69, 9.17) is 4.74 Å². The molecule has 0 spiro atoms. The molecule has 1 aromatic carbocycles. The summed E-state index contributed by atoms with van der Waals surface area (Å²) in [5, 5.41) is 24.1. The number of nitro benzene ring substituents is 2. The third-order valence-electron chi connectivity index (χ3n) is 2.40. The van der Waals surface area contributed by atoms with Gasteiger partial charge in [-0.2, -0.15) is 0 Å². The Balaban J connectivity index is 3.03. The molecule has 1 unspecified atom stereocenters. The van der Waals surface area contributed by atoms with E-state index < -0.39 is 33.2 Å². The van der Waals surface area contributed by atoms with Crippen LogP contribution in [0, 0.1) is 20.2 Å². The zero-order valence-corrected chi connectivity index (χ0v) is 10.9. The molecule has 0 heterocycles. The molecule has 0 fully saturated rings. The molecule has 0 aliphatic carbocycles. The number of ether oxygens (including phenoxy) is 1. The Kier molecular flexibility index (Phi) is 4.95. The van der Waals surface area contributed by atoms with Crippen LogP contribution in [0.2, 0.25) is 0 Å². The van der Waals surface area contributed by atoms with Gasteiger partial charge in [-0.1, -0.05) is 0 Å². The number of hydrogen-bond donors (Lipinski definition) is 1. The van der Waals surface area contributed by atoms with Gasteiger partial charge in [0.1, 0.15) is 11.7 Å². The molecule has 1 atom stereocenters. The van der Waals surface area contributed by atoms with Crippen LogP contribution in [0.4, 0.5) is 17.1 Å². The number of anilines is 1. The van der Waals surface area contributed by atoms with Crippen molar-refractivity contribution in [3.63, 3.8) is 0 Å². The Morgan fingerprint density at radius 3 is 2.50 bits per heavy atom. The van der Waals surface area contributed by atoms with Crippen molar-refractivity contribution in [3.05, 3.63) is 38.4 Å². The molecule has 0 aromatic heterocycles. The molecule has 108 valence electrons. The van der Waals surface area contributed by atoms with Gasteiger partial charge >= 0.3 is 5.97 Å². The number of non-ortho nitro benzene ring substituents is 1. The topological polar surface area (TPSA) is 125 Å². The molecular formula is C11H13N3O6. The number of carbonyl (C=O) groups excluding carboxylic acids is 1. The molecular weight excluding hydrogens is 270 g/mol. The summed E-state index contributed by atoms with van der Waals surface area (Å²) in [7, 11) is 0. The molecule has 0 aliphatic rings. The minimum absolute atomic E-state index is 0.0150. The van der Waals surface area contributed by atoms with Crippen molar-refractivity contribution >= 4 is 23.0 Å². The number of rotatable bonds is 6. The van der Waals surface area contributed by atoms with Crippen LogP contribution >= 0.6 is 0 Å². The summed E-state index contributed by atoms with van der Waals surface area (Å²) in [6.45, 7) is 3.30. The second kappa shape index (κ2) is 6.45. The molecule has 0 aliphatic heterocycles.